The monoisotopic (exact) mass is 456 g/mol. The molecule has 7 heteroatoms. The number of halogens is 1. The fraction of sp³-hybridized carbons (Fsp3) is 0.208. The van der Waals surface area contributed by atoms with Gasteiger partial charge in [0, 0.05) is 5.02 Å². The zero-order valence-electron chi connectivity index (χ0n) is 17.7. The van der Waals surface area contributed by atoms with Crippen molar-refractivity contribution in [3.8, 4) is 0 Å². The minimum Gasteiger partial charge on any atom is -0.348 e. The Kier molecular flexibility index (Phi) is 7.03. The molecule has 0 bridgehead atoms. The number of aryl methyl sites for hydroxylation is 2. The number of nitrogens with one attached hydrogen (secondary N) is 1. The molecule has 0 unspecified atom stereocenters. The number of hydrogen-bond donors (Lipinski definition) is 1. The molecule has 5 nitrogen and oxygen atoms in total. The van der Waals surface area contributed by atoms with Crippen LogP contribution in [-0.4, -0.2) is 20.9 Å². The normalized spacial score (nSPS) is 12.3. The molecular formula is C24H25ClN2O3S. The molecule has 0 aromatic heterocycles. The average molecular weight is 457 g/mol. The molecule has 1 amide bonds. The van der Waals surface area contributed by atoms with Crippen molar-refractivity contribution in [3.05, 3.63) is 94.5 Å². The molecule has 0 heterocycles. The van der Waals surface area contributed by atoms with Gasteiger partial charge < -0.3 is 5.32 Å². The second-order valence-electron chi connectivity index (χ2n) is 7.45. The van der Waals surface area contributed by atoms with Gasteiger partial charge in [-0.1, -0.05) is 59.6 Å². The number of para-hydroxylation sites is 1. The van der Waals surface area contributed by atoms with Crippen molar-refractivity contribution >= 4 is 33.2 Å². The Bertz CT molecular complexity index is 1160. The zero-order chi connectivity index (χ0) is 22.6. The molecule has 3 aromatic rings. The maximum Gasteiger partial charge on any atom is 0.264 e. The molecule has 1 N–H and O–H groups in total. The molecule has 0 aliphatic heterocycles. The van der Waals surface area contributed by atoms with Crippen LogP contribution in [0.15, 0.2) is 77.7 Å². The van der Waals surface area contributed by atoms with E-state index in [4.69, 9.17) is 11.6 Å². The van der Waals surface area contributed by atoms with Crippen LogP contribution in [0.2, 0.25) is 5.02 Å². The highest BCUT2D eigenvalue weighted by Crippen LogP contribution is 2.27. The van der Waals surface area contributed by atoms with Crippen molar-refractivity contribution in [3.63, 3.8) is 0 Å². The summed E-state index contributed by atoms with van der Waals surface area (Å²) in [6, 6.07) is 20.6. The van der Waals surface area contributed by atoms with Crippen molar-refractivity contribution in [1.29, 1.82) is 0 Å². The number of carbonyl (C=O) groups excluding carboxylic acids is 1. The Morgan fingerprint density at radius 2 is 1.58 bits per heavy atom. The average Bonchev–Trinajstić information content (AvgIpc) is 2.73. The van der Waals surface area contributed by atoms with Gasteiger partial charge in [0.2, 0.25) is 5.91 Å². The van der Waals surface area contributed by atoms with Crippen LogP contribution in [0, 0.1) is 13.8 Å². The number of benzene rings is 3. The largest absolute Gasteiger partial charge is 0.348 e. The van der Waals surface area contributed by atoms with Crippen LogP contribution in [-0.2, 0) is 14.8 Å². The van der Waals surface area contributed by atoms with Crippen molar-refractivity contribution in [2.24, 2.45) is 0 Å². The molecule has 0 saturated heterocycles. The number of rotatable bonds is 7. The number of amides is 1. The highest BCUT2D eigenvalue weighted by molar-refractivity contribution is 7.92. The third-order valence-electron chi connectivity index (χ3n) is 5.03. The number of nitrogens with zero attached hydrogens (tertiary/aromatic N) is 1. The smallest absolute Gasteiger partial charge is 0.264 e. The first kappa shape index (κ1) is 22.8. The number of hydrogen-bond acceptors (Lipinski definition) is 3. The SMILES string of the molecule is Cc1ccc([C@H](C)NC(=O)CN(c2ccccc2C)S(=O)(=O)c2ccc(Cl)cc2)cc1. The van der Waals surface area contributed by atoms with E-state index in [-0.39, 0.29) is 17.5 Å². The number of anilines is 1. The van der Waals surface area contributed by atoms with E-state index in [0.717, 1.165) is 21.0 Å². The predicted octanol–water partition coefficient (Wildman–Crippen LogP) is 5.03. The molecule has 0 aliphatic carbocycles. The fourth-order valence-electron chi connectivity index (χ4n) is 3.23. The molecule has 1 atom stereocenters. The number of sulfonamides is 1. The molecule has 3 rings (SSSR count). The van der Waals surface area contributed by atoms with E-state index < -0.39 is 15.9 Å². The van der Waals surface area contributed by atoms with Crippen molar-refractivity contribution in [1.82, 2.24) is 5.32 Å². The minimum atomic E-state index is -3.98. The van der Waals surface area contributed by atoms with Crippen LogP contribution in [0.25, 0.3) is 0 Å². The molecule has 3 aromatic carbocycles. The zero-order valence-corrected chi connectivity index (χ0v) is 19.2. The highest BCUT2D eigenvalue weighted by atomic mass is 35.5. The fourth-order valence-corrected chi connectivity index (χ4v) is 4.84. The summed E-state index contributed by atoms with van der Waals surface area (Å²) < 4.78 is 28.0. The predicted molar refractivity (Wildman–Crippen MR) is 125 cm³/mol. The Balaban J connectivity index is 1.90. The minimum absolute atomic E-state index is 0.0690. The van der Waals surface area contributed by atoms with Gasteiger partial charge in [-0.05, 0) is 62.2 Å². The third-order valence-corrected chi connectivity index (χ3v) is 7.05. The van der Waals surface area contributed by atoms with E-state index in [2.05, 4.69) is 5.32 Å². The first-order valence-corrected chi connectivity index (χ1v) is 11.7. The van der Waals surface area contributed by atoms with Gasteiger partial charge in [-0.15, -0.1) is 0 Å². The Morgan fingerprint density at radius 1 is 0.968 bits per heavy atom. The van der Waals surface area contributed by atoms with Gasteiger partial charge in [0.15, 0.2) is 0 Å². The van der Waals surface area contributed by atoms with Gasteiger partial charge in [-0.25, -0.2) is 8.42 Å². The lowest BCUT2D eigenvalue weighted by atomic mass is 10.1. The quantitative estimate of drug-likeness (QED) is 0.542. The maximum atomic E-state index is 13.4. The highest BCUT2D eigenvalue weighted by Gasteiger charge is 2.28. The summed E-state index contributed by atoms with van der Waals surface area (Å²) in [5, 5.41) is 3.34. The molecule has 0 radical (unpaired) electrons. The molecule has 0 saturated carbocycles. The summed E-state index contributed by atoms with van der Waals surface area (Å²) in [6.07, 6.45) is 0. The van der Waals surface area contributed by atoms with Gasteiger partial charge in [0.05, 0.1) is 16.6 Å². The first-order valence-electron chi connectivity index (χ1n) is 9.88. The van der Waals surface area contributed by atoms with Crippen molar-refractivity contribution < 1.29 is 13.2 Å². The van der Waals surface area contributed by atoms with Crippen LogP contribution in [0.5, 0.6) is 0 Å². The van der Waals surface area contributed by atoms with E-state index in [1.807, 2.05) is 57.2 Å². The second kappa shape index (κ2) is 9.54. The number of carbonyl (C=O) groups is 1. The van der Waals surface area contributed by atoms with E-state index in [1.165, 1.54) is 24.3 Å². The lowest BCUT2D eigenvalue weighted by Crippen LogP contribution is -2.41. The van der Waals surface area contributed by atoms with E-state index in [0.29, 0.717) is 10.7 Å². The summed E-state index contributed by atoms with van der Waals surface area (Å²) in [5.74, 6) is -0.395. The Morgan fingerprint density at radius 3 is 2.19 bits per heavy atom. The third kappa shape index (κ3) is 5.46. The summed E-state index contributed by atoms with van der Waals surface area (Å²) >= 11 is 5.92. The molecule has 0 spiro atoms. The van der Waals surface area contributed by atoms with Crippen LogP contribution in [0.4, 0.5) is 5.69 Å². The Labute approximate surface area is 188 Å². The summed E-state index contributed by atoms with van der Waals surface area (Å²) in [4.78, 5) is 13.0. The van der Waals surface area contributed by atoms with Gasteiger partial charge in [0.1, 0.15) is 6.54 Å². The molecule has 0 fully saturated rings. The van der Waals surface area contributed by atoms with Gasteiger partial charge in [-0.2, -0.15) is 0 Å². The van der Waals surface area contributed by atoms with Crippen LogP contribution in [0.1, 0.15) is 29.7 Å². The second-order valence-corrected chi connectivity index (χ2v) is 9.75. The Hall–Kier alpha value is -2.83. The molecule has 0 aliphatic rings. The summed E-state index contributed by atoms with van der Waals surface area (Å²) in [5.41, 5.74) is 3.28. The van der Waals surface area contributed by atoms with Crippen LogP contribution in [0.3, 0.4) is 0 Å². The van der Waals surface area contributed by atoms with E-state index in [9.17, 15) is 13.2 Å². The van der Waals surface area contributed by atoms with Crippen molar-refractivity contribution in [2.45, 2.75) is 31.7 Å². The molecular weight excluding hydrogens is 432 g/mol. The lowest BCUT2D eigenvalue weighted by molar-refractivity contribution is -0.120. The van der Waals surface area contributed by atoms with Gasteiger partial charge >= 0.3 is 0 Å². The van der Waals surface area contributed by atoms with Crippen LogP contribution < -0.4 is 9.62 Å². The van der Waals surface area contributed by atoms with E-state index in [1.54, 1.807) is 12.1 Å². The summed E-state index contributed by atoms with van der Waals surface area (Å²) in [7, 11) is -3.98. The maximum absolute atomic E-state index is 13.4. The molecule has 162 valence electrons. The summed E-state index contributed by atoms with van der Waals surface area (Å²) in [6.45, 7) is 5.33. The topological polar surface area (TPSA) is 66.5 Å². The van der Waals surface area contributed by atoms with Crippen LogP contribution >= 0.6 is 11.6 Å². The van der Waals surface area contributed by atoms with Gasteiger partial charge in [-0.3, -0.25) is 9.10 Å². The lowest BCUT2D eigenvalue weighted by Gasteiger charge is -2.26. The van der Waals surface area contributed by atoms with E-state index >= 15 is 0 Å². The standard InChI is InChI=1S/C24H25ClN2O3S/c1-17-8-10-20(11-9-17)19(3)26-24(28)16-27(23-7-5-4-6-18(23)2)31(29,30)22-14-12-21(25)13-15-22/h4-15,19H,16H2,1-3H3,(H,26,28)/t19-/m0/s1. The van der Waals surface area contributed by atoms with Gasteiger partial charge in [0.25, 0.3) is 10.0 Å². The van der Waals surface area contributed by atoms with Crippen molar-refractivity contribution in [2.75, 3.05) is 10.8 Å². The first-order chi connectivity index (χ1) is 14.7. The molecule has 31 heavy (non-hydrogen) atoms.